The van der Waals surface area contributed by atoms with Gasteiger partial charge >= 0.3 is 0 Å². The number of phenols is 4. The molecule has 0 aliphatic heterocycles. The summed E-state index contributed by atoms with van der Waals surface area (Å²) in [5.41, 5.74) is -10.6. The topological polar surface area (TPSA) is 625 Å². The number of phenolic OH excluding ortho intramolecular Hbond substituents is 4. The van der Waals surface area contributed by atoms with E-state index < -0.39 is 294 Å². The minimum atomic E-state index is -5.98. The highest BCUT2D eigenvalue weighted by atomic mass is 32.3. The highest BCUT2D eigenvalue weighted by molar-refractivity contribution is 7.88. The van der Waals surface area contributed by atoms with Gasteiger partial charge in [-0.2, -0.15) is 84.2 Å². The summed E-state index contributed by atoms with van der Waals surface area (Å²) in [6, 6.07) is 27.0. The fourth-order valence-corrected chi connectivity index (χ4v) is 25.0. The summed E-state index contributed by atoms with van der Waals surface area (Å²) in [7, 11) is -58.1. The predicted molar refractivity (Wildman–Crippen MR) is 408 cm³/mol. The molecule has 10 aromatic carbocycles. The molecule has 0 saturated heterocycles. The van der Waals surface area contributed by atoms with Crippen LogP contribution in [-0.4, -0.2) is 162 Å². The van der Waals surface area contributed by atoms with E-state index in [4.69, 9.17) is 0 Å². The lowest BCUT2D eigenvalue weighted by Crippen LogP contribution is -2.18. The Hall–Kier alpha value is -8.64. The standard InChI is InChI=1S/C68H58O34P2S10/c69-63-41-21-43-27-57(39-15-13-37(61(31-39)111(91,92)93)17-19-103(47-5-1-9-51(33-47)105(73,74)75)48-6-2-10-52(34-48)106(76,77)78)67(113(97,98)99)59(65(43)71)29-45-25-56(110(88,89)90)24-42(64(45)70)22-44-28-58(68(114(100,101)102)60(66(44)72)30-46(63)26-55(23-41)109(85,86)87)40-16-14-38(62(32-40)112(94,95)96)18-20-104(49-7-3-11-53(35-49)107(79,80)81)50-8-4-12-54(36-50)108(82,83)84/h1-16,23-28,31-36,69-72H,17-22,29-30H2,(H,73,74,75)(H,76,77,78)(H,79,80,81)(H,82,83,84)(H,85,86,87)(H,88,89,90)(H,91,92,93)(H,94,95,96)(H,97,98,99)(H,100,101,102). The van der Waals surface area contributed by atoms with Crippen LogP contribution in [0.15, 0.2) is 219 Å². The number of aromatic hydroxyl groups is 4. The quantitative estimate of drug-likeness (QED) is 0.0260. The molecule has 604 valence electrons. The highest BCUT2D eigenvalue weighted by Crippen LogP contribution is 2.48. The van der Waals surface area contributed by atoms with Gasteiger partial charge in [0.2, 0.25) is 0 Å². The molecule has 1 aliphatic carbocycles. The van der Waals surface area contributed by atoms with E-state index >= 15 is 0 Å². The van der Waals surface area contributed by atoms with Gasteiger partial charge in [-0.1, -0.05) is 72.8 Å². The Kier molecular flexibility index (Phi) is 23.5. The Bertz CT molecular complexity index is 6420. The summed E-state index contributed by atoms with van der Waals surface area (Å²) in [5.74, 6) is -4.88. The van der Waals surface area contributed by atoms with Crippen molar-refractivity contribution in [2.24, 2.45) is 0 Å². The third-order valence-electron chi connectivity index (χ3n) is 18.2. The van der Waals surface area contributed by atoms with E-state index in [2.05, 4.69) is 0 Å². The molecule has 46 heteroatoms. The molecule has 0 radical (unpaired) electrons. The van der Waals surface area contributed by atoms with E-state index in [9.17, 15) is 150 Å². The van der Waals surface area contributed by atoms with E-state index in [-0.39, 0.29) is 44.7 Å². The van der Waals surface area contributed by atoms with Crippen LogP contribution in [0.25, 0.3) is 22.3 Å². The summed E-state index contributed by atoms with van der Waals surface area (Å²) in [4.78, 5) is -9.90. The molecular formula is C68H58O34P2S10. The van der Waals surface area contributed by atoms with Crippen LogP contribution in [0, 0.1) is 0 Å². The molecule has 10 aromatic rings. The number of fused-ring (bicyclic) bond motifs is 8. The molecule has 0 heterocycles. The van der Waals surface area contributed by atoms with Crippen LogP contribution < -0.4 is 21.2 Å². The molecule has 0 fully saturated rings. The van der Waals surface area contributed by atoms with E-state index in [0.29, 0.717) is 48.5 Å². The van der Waals surface area contributed by atoms with Gasteiger partial charge < -0.3 is 20.4 Å². The van der Waals surface area contributed by atoms with Crippen LogP contribution in [0.3, 0.4) is 0 Å². The number of aryl methyl sites for hydroxylation is 2. The molecule has 0 spiro atoms. The second-order valence-electron chi connectivity index (χ2n) is 25.6. The van der Waals surface area contributed by atoms with Crippen molar-refractivity contribution < 1.29 is 150 Å². The van der Waals surface area contributed by atoms with E-state index in [1.54, 1.807) is 0 Å². The van der Waals surface area contributed by atoms with Crippen LogP contribution in [-0.2, 0) is 140 Å². The number of hydrogen-bond donors (Lipinski definition) is 14. The maximum Gasteiger partial charge on any atom is 0.295 e. The SMILES string of the molecule is O=S(=O)(O)c1cccc(P(CCc2ccc(-c3cc4c(O)c(c3S(=O)(=O)O)Cc3cc(S(=O)(=O)O)cc(c3O)Cc3cc(-c5ccc(CCP(c6cccc(S(=O)(=O)O)c6)c6cccc(S(=O)(=O)O)c6)c(S(=O)(=O)O)c5)c(S(=O)(=O)O)c(c3O)Cc3cc(S(=O)(=O)O)cc(c3O)C4)cc2S(=O)(=O)O)c2cccc(S(=O)(=O)O)c2)c1. The summed E-state index contributed by atoms with van der Waals surface area (Å²) >= 11 is 0. The van der Waals surface area contributed by atoms with Crippen LogP contribution >= 0.6 is 15.8 Å². The van der Waals surface area contributed by atoms with Crippen molar-refractivity contribution in [1.29, 1.82) is 0 Å². The minimum Gasteiger partial charge on any atom is -0.507 e. The predicted octanol–water partition coefficient (Wildman–Crippen LogP) is 6.34. The Morgan fingerprint density at radius 3 is 0.754 bits per heavy atom. The summed E-state index contributed by atoms with van der Waals surface area (Å²) in [5, 5.41) is 50.3. The van der Waals surface area contributed by atoms with Crippen molar-refractivity contribution in [3.8, 4) is 45.3 Å². The number of rotatable bonds is 22. The lowest BCUT2D eigenvalue weighted by Gasteiger charge is -2.23. The van der Waals surface area contributed by atoms with Gasteiger partial charge in [0.05, 0.1) is 39.2 Å². The zero-order valence-corrected chi connectivity index (χ0v) is 67.2. The first kappa shape index (κ1) is 86.2. The molecule has 0 atom stereocenters. The fourth-order valence-electron chi connectivity index (χ4n) is 13.1. The Balaban J connectivity index is 1.12. The van der Waals surface area contributed by atoms with Gasteiger partial charge in [-0.15, -0.1) is 0 Å². The van der Waals surface area contributed by atoms with Gasteiger partial charge in [0.15, 0.2) is 0 Å². The monoisotopic (exact) mass is 1800 g/mol. The Morgan fingerprint density at radius 2 is 0.509 bits per heavy atom. The minimum absolute atomic E-state index is 0.102. The van der Waals surface area contributed by atoms with E-state index in [1.807, 2.05) is 0 Å². The van der Waals surface area contributed by atoms with Gasteiger partial charge in [-0.05, 0) is 193 Å². The molecule has 11 rings (SSSR count). The lowest BCUT2D eigenvalue weighted by molar-refractivity contribution is 0.443. The third-order valence-corrected chi connectivity index (χ3v) is 32.0. The first-order valence-electron chi connectivity index (χ1n) is 31.9. The molecule has 34 nitrogen and oxygen atoms in total. The van der Waals surface area contributed by atoms with Crippen molar-refractivity contribution in [3.63, 3.8) is 0 Å². The Morgan fingerprint density at radius 1 is 0.254 bits per heavy atom. The van der Waals surface area contributed by atoms with Gasteiger partial charge in [-0.25, -0.2) is 0 Å². The maximum absolute atomic E-state index is 14.2. The summed E-state index contributed by atoms with van der Waals surface area (Å²) in [6.45, 7) is 0. The van der Waals surface area contributed by atoms with Crippen molar-refractivity contribution >= 4 is 138 Å². The average Bonchev–Trinajstić information content (AvgIpc) is 0.743. The van der Waals surface area contributed by atoms with Crippen molar-refractivity contribution in [1.82, 2.24) is 0 Å². The summed E-state index contributed by atoms with van der Waals surface area (Å²) < 4.78 is 369. The first-order valence-corrected chi connectivity index (χ1v) is 49.3. The molecular weight excluding hydrogens is 1740 g/mol. The highest BCUT2D eigenvalue weighted by Gasteiger charge is 2.36. The van der Waals surface area contributed by atoms with Crippen LogP contribution in [0.1, 0.15) is 55.6 Å². The second kappa shape index (κ2) is 31.1. The van der Waals surface area contributed by atoms with Gasteiger partial charge in [0.25, 0.3) is 101 Å². The van der Waals surface area contributed by atoms with Crippen molar-refractivity contribution in [2.45, 2.75) is 87.5 Å². The molecule has 1 aliphatic rings. The molecule has 0 unspecified atom stereocenters. The van der Waals surface area contributed by atoms with Crippen molar-refractivity contribution in [2.75, 3.05) is 12.3 Å². The largest absolute Gasteiger partial charge is 0.507 e. The molecule has 0 saturated carbocycles. The Labute approximate surface area is 653 Å². The molecule has 0 amide bonds. The second-order valence-corrected chi connectivity index (χ2v) is 44.3. The molecule has 114 heavy (non-hydrogen) atoms. The van der Waals surface area contributed by atoms with Crippen LogP contribution in [0.5, 0.6) is 23.0 Å². The third kappa shape index (κ3) is 18.9. The van der Waals surface area contributed by atoms with E-state index in [1.165, 1.54) is 48.5 Å². The number of benzene rings is 10. The van der Waals surface area contributed by atoms with Crippen molar-refractivity contribution in [3.05, 3.63) is 225 Å². The first-order chi connectivity index (χ1) is 52.5. The molecule has 0 aromatic heterocycles. The smallest absolute Gasteiger partial charge is 0.295 e. The zero-order valence-electron chi connectivity index (χ0n) is 57.2. The molecule has 14 N–H and O–H groups in total. The summed E-state index contributed by atoms with van der Waals surface area (Å²) in [6.07, 6.45) is -6.62. The van der Waals surface area contributed by atoms with E-state index in [0.717, 1.165) is 72.8 Å². The average molecular weight is 1800 g/mol. The van der Waals surface area contributed by atoms with Gasteiger partial charge in [0.1, 0.15) is 32.8 Å². The maximum atomic E-state index is 14.2. The van der Waals surface area contributed by atoms with Crippen LogP contribution in [0.2, 0.25) is 0 Å². The fraction of sp³-hybridized carbons (Fsp3) is 0.118. The normalized spacial score (nSPS) is 13.6. The van der Waals surface area contributed by atoms with Gasteiger partial charge in [-0.3, -0.25) is 45.5 Å². The lowest BCUT2D eigenvalue weighted by atomic mass is 9.88. The van der Waals surface area contributed by atoms with Gasteiger partial charge in [0, 0.05) is 70.2 Å². The zero-order chi connectivity index (χ0) is 84.1. The molecule has 8 bridgehead atoms. The van der Waals surface area contributed by atoms with Crippen LogP contribution in [0.4, 0.5) is 0 Å². The number of hydrogen-bond acceptors (Lipinski definition) is 24.